The molecule has 3 aromatic rings. The van der Waals surface area contributed by atoms with E-state index < -0.39 is 0 Å². The van der Waals surface area contributed by atoms with Crippen LogP contribution in [-0.4, -0.2) is 33.9 Å². The predicted octanol–water partition coefficient (Wildman–Crippen LogP) is 4.38. The predicted molar refractivity (Wildman–Crippen MR) is 106 cm³/mol. The molecular formula is C22H21FN4O. The van der Waals surface area contributed by atoms with Crippen LogP contribution in [-0.2, 0) is 0 Å². The number of carbonyl (C=O) groups excluding carboxylic acids is 1. The van der Waals surface area contributed by atoms with Crippen molar-refractivity contribution in [1.82, 2.24) is 14.9 Å². The molecule has 5 nitrogen and oxygen atoms in total. The number of likely N-dealkylation sites (tertiary alicyclic amines) is 1. The fourth-order valence-corrected chi connectivity index (χ4v) is 3.49. The van der Waals surface area contributed by atoms with Crippen molar-refractivity contribution >= 4 is 17.5 Å². The van der Waals surface area contributed by atoms with E-state index in [-0.39, 0.29) is 17.6 Å². The lowest BCUT2D eigenvalue weighted by Crippen LogP contribution is -2.39. The lowest BCUT2D eigenvalue weighted by atomic mass is 9.94. The summed E-state index contributed by atoms with van der Waals surface area (Å²) in [6.45, 7) is 1.30. The third kappa shape index (κ3) is 4.17. The molecule has 1 atom stereocenters. The molecule has 0 aliphatic carbocycles. The molecule has 1 unspecified atom stereocenters. The van der Waals surface area contributed by atoms with E-state index in [9.17, 15) is 9.18 Å². The minimum atomic E-state index is -0.340. The molecule has 1 aromatic heterocycles. The van der Waals surface area contributed by atoms with Gasteiger partial charge in [0.15, 0.2) is 0 Å². The van der Waals surface area contributed by atoms with Gasteiger partial charge in [0.1, 0.15) is 5.82 Å². The van der Waals surface area contributed by atoms with Crippen LogP contribution in [0.4, 0.5) is 16.0 Å². The molecular weight excluding hydrogens is 355 g/mol. The maximum Gasteiger partial charge on any atom is 0.253 e. The van der Waals surface area contributed by atoms with Crippen LogP contribution in [0.1, 0.15) is 34.8 Å². The first-order valence-corrected chi connectivity index (χ1v) is 9.39. The van der Waals surface area contributed by atoms with Crippen LogP contribution in [0.3, 0.4) is 0 Å². The molecule has 2 heterocycles. The number of amides is 1. The third-order valence-corrected chi connectivity index (χ3v) is 4.93. The summed E-state index contributed by atoms with van der Waals surface area (Å²) in [5.74, 6) is 0.289. The molecule has 0 bridgehead atoms. The first kappa shape index (κ1) is 18.1. The number of nitrogens with zero attached hydrogens (tertiary/aromatic N) is 3. The van der Waals surface area contributed by atoms with Gasteiger partial charge < -0.3 is 10.2 Å². The van der Waals surface area contributed by atoms with Gasteiger partial charge in [-0.1, -0.05) is 18.2 Å². The lowest BCUT2D eigenvalue weighted by Gasteiger charge is -2.32. The Labute approximate surface area is 163 Å². The molecule has 28 heavy (non-hydrogen) atoms. The summed E-state index contributed by atoms with van der Waals surface area (Å²) in [6.07, 6.45) is 3.62. The van der Waals surface area contributed by atoms with Crippen LogP contribution in [0, 0.1) is 5.82 Å². The molecule has 2 aromatic carbocycles. The van der Waals surface area contributed by atoms with Crippen molar-refractivity contribution < 1.29 is 9.18 Å². The fourth-order valence-electron chi connectivity index (χ4n) is 3.49. The highest BCUT2D eigenvalue weighted by Gasteiger charge is 2.26. The summed E-state index contributed by atoms with van der Waals surface area (Å²) in [7, 11) is 0. The highest BCUT2D eigenvalue weighted by atomic mass is 19.1. The Hall–Kier alpha value is -3.28. The number of nitrogens with one attached hydrogen (secondary N) is 1. The van der Waals surface area contributed by atoms with Crippen LogP contribution in [0.25, 0.3) is 0 Å². The van der Waals surface area contributed by atoms with E-state index in [1.54, 1.807) is 6.20 Å². The number of halogens is 1. The van der Waals surface area contributed by atoms with Crippen molar-refractivity contribution in [2.75, 3.05) is 18.4 Å². The van der Waals surface area contributed by atoms with Gasteiger partial charge >= 0.3 is 0 Å². The standard InChI is InChI=1S/C22H21FN4O/c23-18-10-8-16(9-11-18)21(28)27-14-4-5-17(15-27)20-12-13-24-22(26-20)25-19-6-2-1-3-7-19/h1-3,6-13,17H,4-5,14-15H2,(H,24,25,26). The van der Waals surface area contributed by atoms with Gasteiger partial charge in [-0.2, -0.15) is 0 Å². The fraction of sp³-hybridized carbons (Fsp3) is 0.227. The molecule has 0 radical (unpaired) electrons. The zero-order valence-electron chi connectivity index (χ0n) is 15.4. The quantitative estimate of drug-likeness (QED) is 0.734. The monoisotopic (exact) mass is 376 g/mol. The summed E-state index contributed by atoms with van der Waals surface area (Å²) in [4.78, 5) is 23.5. The largest absolute Gasteiger partial charge is 0.338 e. The van der Waals surface area contributed by atoms with Gasteiger partial charge in [-0.3, -0.25) is 4.79 Å². The number of benzene rings is 2. The van der Waals surface area contributed by atoms with Crippen LogP contribution in [0.2, 0.25) is 0 Å². The van der Waals surface area contributed by atoms with Crippen LogP contribution in [0.15, 0.2) is 66.9 Å². The van der Waals surface area contributed by atoms with Gasteiger partial charge in [-0.05, 0) is 55.3 Å². The number of hydrogen-bond donors (Lipinski definition) is 1. The van der Waals surface area contributed by atoms with Gasteiger partial charge in [0.2, 0.25) is 5.95 Å². The second-order valence-electron chi connectivity index (χ2n) is 6.89. The molecule has 0 spiro atoms. The van der Waals surface area contributed by atoms with Crippen molar-refractivity contribution in [1.29, 1.82) is 0 Å². The molecule has 1 saturated heterocycles. The first-order chi connectivity index (χ1) is 13.7. The Kier molecular flexibility index (Phi) is 5.28. The number of aromatic nitrogens is 2. The molecule has 4 rings (SSSR count). The molecule has 1 aliphatic heterocycles. The molecule has 1 fully saturated rings. The number of para-hydroxylation sites is 1. The lowest BCUT2D eigenvalue weighted by molar-refractivity contribution is 0.0706. The topological polar surface area (TPSA) is 58.1 Å². The van der Waals surface area contributed by atoms with Crippen molar-refractivity contribution in [3.05, 3.63) is 83.9 Å². The van der Waals surface area contributed by atoms with Crippen LogP contribution in [0.5, 0.6) is 0 Å². The average molecular weight is 376 g/mol. The van der Waals surface area contributed by atoms with Crippen molar-refractivity contribution in [3.63, 3.8) is 0 Å². The number of rotatable bonds is 4. The molecule has 6 heteroatoms. The number of piperidine rings is 1. The molecule has 1 amide bonds. The van der Waals surface area contributed by atoms with Gasteiger partial charge in [0, 0.05) is 36.5 Å². The Morgan fingerprint density at radius 3 is 2.64 bits per heavy atom. The summed E-state index contributed by atoms with van der Waals surface area (Å²) in [5.41, 5.74) is 2.36. The van der Waals surface area contributed by atoms with Crippen molar-refractivity contribution in [2.24, 2.45) is 0 Å². The van der Waals surface area contributed by atoms with E-state index >= 15 is 0 Å². The Balaban J connectivity index is 1.48. The van der Waals surface area contributed by atoms with Gasteiger partial charge in [0.05, 0.1) is 5.69 Å². The number of anilines is 2. The summed E-state index contributed by atoms with van der Waals surface area (Å²) >= 11 is 0. The SMILES string of the molecule is O=C(c1ccc(F)cc1)N1CCCC(c2ccnc(Nc3ccccc3)n2)C1. The molecule has 1 aliphatic rings. The first-order valence-electron chi connectivity index (χ1n) is 9.39. The van der Waals surface area contributed by atoms with Gasteiger partial charge in [0.25, 0.3) is 5.91 Å². The van der Waals surface area contributed by atoms with E-state index in [2.05, 4.69) is 15.3 Å². The number of hydrogen-bond acceptors (Lipinski definition) is 4. The normalized spacial score (nSPS) is 16.6. The highest BCUT2D eigenvalue weighted by Crippen LogP contribution is 2.27. The van der Waals surface area contributed by atoms with E-state index in [1.165, 1.54) is 24.3 Å². The van der Waals surface area contributed by atoms with E-state index in [4.69, 9.17) is 0 Å². The van der Waals surface area contributed by atoms with Gasteiger partial charge in [-0.15, -0.1) is 0 Å². The van der Waals surface area contributed by atoms with Crippen LogP contribution < -0.4 is 5.32 Å². The Bertz CT molecular complexity index is 946. The summed E-state index contributed by atoms with van der Waals surface area (Å²) in [5, 5.41) is 3.21. The molecule has 142 valence electrons. The maximum absolute atomic E-state index is 13.1. The smallest absolute Gasteiger partial charge is 0.253 e. The van der Waals surface area contributed by atoms with Gasteiger partial charge in [-0.25, -0.2) is 14.4 Å². The zero-order valence-corrected chi connectivity index (χ0v) is 15.4. The van der Waals surface area contributed by atoms with Crippen LogP contribution >= 0.6 is 0 Å². The average Bonchev–Trinajstić information content (AvgIpc) is 2.75. The minimum Gasteiger partial charge on any atom is -0.338 e. The maximum atomic E-state index is 13.1. The van der Waals surface area contributed by atoms with E-state index in [0.29, 0.717) is 24.6 Å². The van der Waals surface area contributed by atoms with Crippen molar-refractivity contribution in [2.45, 2.75) is 18.8 Å². The van der Waals surface area contributed by atoms with E-state index in [1.807, 2.05) is 41.3 Å². The summed E-state index contributed by atoms with van der Waals surface area (Å²) in [6, 6.07) is 17.4. The molecule has 0 saturated carbocycles. The third-order valence-electron chi connectivity index (χ3n) is 4.93. The Morgan fingerprint density at radius 1 is 1.07 bits per heavy atom. The molecule has 1 N–H and O–H groups in total. The zero-order chi connectivity index (χ0) is 19.3. The van der Waals surface area contributed by atoms with E-state index in [0.717, 1.165) is 24.2 Å². The Morgan fingerprint density at radius 2 is 1.86 bits per heavy atom. The minimum absolute atomic E-state index is 0.0682. The van der Waals surface area contributed by atoms with Crippen molar-refractivity contribution in [3.8, 4) is 0 Å². The number of carbonyl (C=O) groups is 1. The second-order valence-corrected chi connectivity index (χ2v) is 6.89. The highest BCUT2D eigenvalue weighted by molar-refractivity contribution is 5.94. The summed E-state index contributed by atoms with van der Waals surface area (Å²) < 4.78 is 13.1. The second kappa shape index (κ2) is 8.17.